The summed E-state index contributed by atoms with van der Waals surface area (Å²) in [5, 5.41) is 4.00. The first kappa shape index (κ1) is 13.8. The van der Waals surface area contributed by atoms with Crippen LogP contribution in [0.1, 0.15) is 12.0 Å². The standard InChI is InChI=1S/C12H18ClNOS/c1-14-9-10-5-3-6-11(13)12(10)16-8-4-7-15-2/h3,5-6,14H,4,7-9H2,1-2H3. The average Bonchev–Trinajstić information content (AvgIpc) is 2.28. The van der Waals surface area contributed by atoms with E-state index in [1.807, 2.05) is 19.2 Å². The molecule has 0 saturated heterocycles. The molecule has 90 valence electrons. The van der Waals surface area contributed by atoms with Crippen molar-refractivity contribution in [3.05, 3.63) is 28.8 Å². The lowest BCUT2D eigenvalue weighted by Gasteiger charge is -2.10. The van der Waals surface area contributed by atoms with Crippen LogP contribution in [0.5, 0.6) is 0 Å². The topological polar surface area (TPSA) is 21.3 Å². The predicted octanol–water partition coefficient (Wildman–Crippen LogP) is 3.19. The maximum Gasteiger partial charge on any atom is 0.0545 e. The fourth-order valence-electron chi connectivity index (χ4n) is 1.42. The van der Waals surface area contributed by atoms with Gasteiger partial charge in [0.15, 0.2) is 0 Å². The Hall–Kier alpha value is -0.220. The Balaban J connectivity index is 2.61. The van der Waals surface area contributed by atoms with Gasteiger partial charge < -0.3 is 10.1 Å². The predicted molar refractivity (Wildman–Crippen MR) is 71.4 cm³/mol. The lowest BCUT2D eigenvalue weighted by Crippen LogP contribution is -2.06. The van der Waals surface area contributed by atoms with Gasteiger partial charge in [-0.25, -0.2) is 0 Å². The molecule has 4 heteroatoms. The second-order valence-corrected chi connectivity index (χ2v) is 4.97. The van der Waals surface area contributed by atoms with Crippen LogP contribution in [0.25, 0.3) is 0 Å². The first-order valence-electron chi connectivity index (χ1n) is 5.33. The molecule has 1 N–H and O–H groups in total. The number of benzene rings is 1. The molecule has 0 saturated carbocycles. The van der Waals surface area contributed by atoms with E-state index in [1.54, 1.807) is 18.9 Å². The van der Waals surface area contributed by atoms with Crippen LogP contribution in [-0.2, 0) is 11.3 Å². The van der Waals surface area contributed by atoms with Crippen molar-refractivity contribution in [2.75, 3.05) is 26.5 Å². The lowest BCUT2D eigenvalue weighted by molar-refractivity contribution is 0.200. The van der Waals surface area contributed by atoms with E-state index in [0.717, 1.165) is 30.3 Å². The molecule has 0 radical (unpaired) electrons. The minimum atomic E-state index is 0.804. The molecule has 0 bridgehead atoms. The van der Waals surface area contributed by atoms with E-state index in [4.69, 9.17) is 16.3 Å². The number of ether oxygens (including phenoxy) is 1. The van der Waals surface area contributed by atoms with Gasteiger partial charge in [-0.2, -0.15) is 0 Å². The first-order valence-corrected chi connectivity index (χ1v) is 6.69. The van der Waals surface area contributed by atoms with Gasteiger partial charge in [0.25, 0.3) is 0 Å². The second-order valence-electron chi connectivity index (χ2n) is 3.45. The number of hydrogen-bond acceptors (Lipinski definition) is 3. The highest BCUT2D eigenvalue weighted by molar-refractivity contribution is 7.99. The third-order valence-electron chi connectivity index (χ3n) is 2.15. The van der Waals surface area contributed by atoms with Gasteiger partial charge in [0.1, 0.15) is 0 Å². The normalized spacial score (nSPS) is 10.7. The summed E-state index contributed by atoms with van der Waals surface area (Å²) < 4.78 is 5.03. The molecule has 1 rings (SSSR count). The van der Waals surface area contributed by atoms with Crippen molar-refractivity contribution in [2.45, 2.75) is 17.9 Å². The maximum atomic E-state index is 6.20. The molecule has 0 atom stereocenters. The Labute approximate surface area is 107 Å². The molecule has 0 aliphatic rings. The van der Waals surface area contributed by atoms with E-state index >= 15 is 0 Å². The number of hydrogen-bond donors (Lipinski definition) is 1. The van der Waals surface area contributed by atoms with Crippen LogP contribution >= 0.6 is 23.4 Å². The summed E-state index contributed by atoms with van der Waals surface area (Å²) in [7, 11) is 3.67. The monoisotopic (exact) mass is 259 g/mol. The van der Waals surface area contributed by atoms with Gasteiger partial charge >= 0.3 is 0 Å². The van der Waals surface area contributed by atoms with Gasteiger partial charge in [-0.15, -0.1) is 11.8 Å². The fourth-order valence-corrected chi connectivity index (χ4v) is 2.78. The van der Waals surface area contributed by atoms with Crippen molar-refractivity contribution in [3.63, 3.8) is 0 Å². The summed E-state index contributed by atoms with van der Waals surface area (Å²) in [6.45, 7) is 1.66. The summed E-state index contributed by atoms with van der Waals surface area (Å²) in [6.07, 6.45) is 1.05. The zero-order valence-electron chi connectivity index (χ0n) is 9.75. The summed E-state index contributed by atoms with van der Waals surface area (Å²) in [5.74, 6) is 1.04. The van der Waals surface area contributed by atoms with Crippen LogP contribution in [0.4, 0.5) is 0 Å². The van der Waals surface area contributed by atoms with E-state index in [1.165, 1.54) is 10.5 Å². The minimum Gasteiger partial charge on any atom is -0.385 e. The summed E-state index contributed by atoms with van der Waals surface area (Å²) >= 11 is 8.00. The third kappa shape index (κ3) is 4.34. The number of nitrogens with one attached hydrogen (secondary N) is 1. The number of methoxy groups -OCH3 is 1. The third-order valence-corrected chi connectivity index (χ3v) is 3.85. The molecular weight excluding hydrogens is 242 g/mol. The summed E-state index contributed by atoms with van der Waals surface area (Å²) in [5.41, 5.74) is 1.26. The van der Waals surface area contributed by atoms with E-state index in [9.17, 15) is 0 Å². The van der Waals surface area contributed by atoms with Crippen LogP contribution in [-0.4, -0.2) is 26.5 Å². The zero-order valence-corrected chi connectivity index (χ0v) is 11.3. The largest absolute Gasteiger partial charge is 0.385 e. The molecule has 1 aromatic carbocycles. The number of halogens is 1. The fraction of sp³-hybridized carbons (Fsp3) is 0.500. The molecule has 0 aromatic heterocycles. The Morgan fingerprint density at radius 1 is 1.44 bits per heavy atom. The van der Waals surface area contributed by atoms with E-state index in [0.29, 0.717) is 0 Å². The van der Waals surface area contributed by atoms with Gasteiger partial charge in [0.2, 0.25) is 0 Å². The summed E-state index contributed by atoms with van der Waals surface area (Å²) in [6, 6.07) is 6.05. The highest BCUT2D eigenvalue weighted by atomic mass is 35.5. The first-order chi connectivity index (χ1) is 7.79. The van der Waals surface area contributed by atoms with Crippen molar-refractivity contribution in [1.29, 1.82) is 0 Å². The molecule has 1 aromatic rings. The van der Waals surface area contributed by atoms with E-state index in [-0.39, 0.29) is 0 Å². The van der Waals surface area contributed by atoms with Crippen molar-refractivity contribution in [3.8, 4) is 0 Å². The van der Waals surface area contributed by atoms with Gasteiger partial charge in [-0.1, -0.05) is 23.7 Å². The lowest BCUT2D eigenvalue weighted by atomic mass is 10.2. The molecule has 0 aliphatic carbocycles. The van der Waals surface area contributed by atoms with Crippen molar-refractivity contribution >= 4 is 23.4 Å². The number of thioether (sulfide) groups is 1. The van der Waals surface area contributed by atoms with Gasteiger partial charge in [-0.3, -0.25) is 0 Å². The van der Waals surface area contributed by atoms with Crippen LogP contribution in [0, 0.1) is 0 Å². The highest BCUT2D eigenvalue weighted by Crippen LogP contribution is 2.31. The Kier molecular flexibility index (Phi) is 6.88. The molecule has 0 aliphatic heterocycles. The van der Waals surface area contributed by atoms with E-state index in [2.05, 4.69) is 11.4 Å². The van der Waals surface area contributed by atoms with Crippen molar-refractivity contribution in [1.82, 2.24) is 5.32 Å². The molecule has 0 unspecified atom stereocenters. The SMILES string of the molecule is CNCc1cccc(Cl)c1SCCCOC. The van der Waals surface area contributed by atoms with Gasteiger partial charge in [0.05, 0.1) is 5.02 Å². The molecule has 0 fully saturated rings. The molecule has 16 heavy (non-hydrogen) atoms. The van der Waals surface area contributed by atoms with Crippen LogP contribution in [0.3, 0.4) is 0 Å². The van der Waals surface area contributed by atoms with Crippen LogP contribution < -0.4 is 5.32 Å². The second kappa shape index (κ2) is 7.96. The van der Waals surface area contributed by atoms with Crippen molar-refractivity contribution in [2.24, 2.45) is 0 Å². The summed E-state index contributed by atoms with van der Waals surface area (Å²) in [4.78, 5) is 1.19. The van der Waals surface area contributed by atoms with Crippen molar-refractivity contribution < 1.29 is 4.74 Å². The average molecular weight is 260 g/mol. The molecule has 0 amide bonds. The van der Waals surface area contributed by atoms with Gasteiger partial charge in [-0.05, 0) is 25.1 Å². The Bertz CT molecular complexity index is 320. The molecular formula is C12H18ClNOS. The van der Waals surface area contributed by atoms with E-state index < -0.39 is 0 Å². The smallest absolute Gasteiger partial charge is 0.0545 e. The Morgan fingerprint density at radius 3 is 2.94 bits per heavy atom. The van der Waals surface area contributed by atoms with Crippen LogP contribution in [0.15, 0.2) is 23.1 Å². The Morgan fingerprint density at radius 2 is 2.25 bits per heavy atom. The minimum absolute atomic E-state index is 0.804. The quantitative estimate of drug-likeness (QED) is 0.600. The van der Waals surface area contributed by atoms with Crippen LogP contribution in [0.2, 0.25) is 5.02 Å². The molecule has 2 nitrogen and oxygen atoms in total. The molecule has 0 heterocycles. The maximum absolute atomic E-state index is 6.20. The zero-order chi connectivity index (χ0) is 11.8. The molecule has 0 spiro atoms. The van der Waals surface area contributed by atoms with Gasteiger partial charge in [0, 0.05) is 30.9 Å². The number of rotatable bonds is 7. The highest BCUT2D eigenvalue weighted by Gasteiger charge is 2.06.